The van der Waals surface area contributed by atoms with Crippen molar-refractivity contribution in [1.82, 2.24) is 29.3 Å². The molecule has 1 N–H and O–H groups in total. The van der Waals surface area contributed by atoms with E-state index in [-0.39, 0.29) is 12.5 Å². The zero-order chi connectivity index (χ0) is 23.8. The third-order valence-corrected chi connectivity index (χ3v) is 5.63. The number of carbonyl (C=O) groups is 2. The summed E-state index contributed by atoms with van der Waals surface area (Å²) in [6.07, 6.45) is 2.96. The Labute approximate surface area is 192 Å². The number of carbonyl (C=O) groups excluding carboxylic acids is 2. The van der Waals surface area contributed by atoms with E-state index in [9.17, 15) is 9.59 Å². The van der Waals surface area contributed by atoms with Crippen LogP contribution >= 0.6 is 0 Å². The summed E-state index contributed by atoms with van der Waals surface area (Å²) in [6, 6.07) is 5.21. The van der Waals surface area contributed by atoms with E-state index in [2.05, 4.69) is 15.0 Å². The molecule has 10 heteroatoms. The van der Waals surface area contributed by atoms with Crippen molar-refractivity contribution in [2.24, 2.45) is 0 Å². The molecule has 0 radical (unpaired) electrons. The van der Waals surface area contributed by atoms with Crippen LogP contribution in [0.4, 0.5) is 4.79 Å². The van der Waals surface area contributed by atoms with Crippen LogP contribution in [0.5, 0.6) is 5.75 Å². The number of aryl methyl sites for hydroxylation is 1. The molecule has 2 amide bonds. The van der Waals surface area contributed by atoms with Gasteiger partial charge < -0.3 is 28.8 Å². The highest BCUT2D eigenvalue weighted by Crippen LogP contribution is 2.26. The summed E-state index contributed by atoms with van der Waals surface area (Å²) >= 11 is 0. The molecule has 0 saturated carbocycles. The monoisotopic (exact) mass is 454 g/mol. The van der Waals surface area contributed by atoms with Gasteiger partial charge >= 0.3 is 6.09 Å². The van der Waals surface area contributed by atoms with Gasteiger partial charge in [0.05, 0.1) is 24.7 Å². The maximum atomic E-state index is 13.5. The second-order valence-electron chi connectivity index (χ2n) is 9.10. The molecule has 4 rings (SSSR count). The summed E-state index contributed by atoms with van der Waals surface area (Å²) in [5.41, 5.74) is 1.05. The van der Waals surface area contributed by atoms with Crippen molar-refractivity contribution >= 4 is 23.0 Å². The van der Waals surface area contributed by atoms with Gasteiger partial charge in [-0.2, -0.15) is 0 Å². The number of hydrogen-bond acceptors (Lipinski definition) is 6. The number of aromatic amines is 1. The Morgan fingerprint density at radius 1 is 1.24 bits per heavy atom. The number of hydrogen-bond donors (Lipinski definition) is 1. The summed E-state index contributed by atoms with van der Waals surface area (Å²) in [5.74, 6) is 2.00. The lowest BCUT2D eigenvalue weighted by atomic mass is 10.1. The van der Waals surface area contributed by atoms with Gasteiger partial charge in [0, 0.05) is 31.5 Å². The van der Waals surface area contributed by atoms with E-state index in [0.717, 1.165) is 16.9 Å². The number of amides is 2. The summed E-state index contributed by atoms with van der Waals surface area (Å²) in [6.45, 7) is 8.56. The number of methoxy groups -OCH3 is 1. The van der Waals surface area contributed by atoms with E-state index >= 15 is 0 Å². The molecule has 0 spiro atoms. The third-order valence-electron chi connectivity index (χ3n) is 5.63. The Kier molecular flexibility index (Phi) is 6.01. The fourth-order valence-corrected chi connectivity index (χ4v) is 4.04. The van der Waals surface area contributed by atoms with E-state index in [1.54, 1.807) is 29.3 Å². The molecule has 176 valence electrons. The number of H-pyrrole nitrogens is 1. The number of ether oxygens (including phenoxy) is 2. The van der Waals surface area contributed by atoms with Crippen molar-refractivity contribution in [2.45, 2.75) is 45.9 Å². The van der Waals surface area contributed by atoms with Gasteiger partial charge in [-0.3, -0.25) is 4.79 Å². The number of piperazine rings is 1. The van der Waals surface area contributed by atoms with Crippen LogP contribution in [0, 0.1) is 6.92 Å². The molecule has 0 unspecified atom stereocenters. The maximum absolute atomic E-state index is 13.5. The molecule has 10 nitrogen and oxygen atoms in total. The van der Waals surface area contributed by atoms with Gasteiger partial charge in [-0.1, -0.05) is 0 Å². The minimum atomic E-state index is -0.592. The Hall–Kier alpha value is -3.56. The summed E-state index contributed by atoms with van der Waals surface area (Å²) in [4.78, 5) is 41.6. The van der Waals surface area contributed by atoms with Crippen LogP contribution in [0.25, 0.3) is 11.0 Å². The van der Waals surface area contributed by atoms with Gasteiger partial charge in [0.15, 0.2) is 0 Å². The topological polar surface area (TPSA) is 106 Å². The molecule has 1 atom stereocenters. The maximum Gasteiger partial charge on any atom is 0.410 e. The number of imidazole rings is 2. The zero-order valence-electron chi connectivity index (χ0n) is 19.7. The van der Waals surface area contributed by atoms with Gasteiger partial charge in [0.2, 0.25) is 5.91 Å². The molecule has 1 saturated heterocycles. The van der Waals surface area contributed by atoms with Gasteiger partial charge in [-0.15, -0.1) is 0 Å². The minimum absolute atomic E-state index is 0.0783. The van der Waals surface area contributed by atoms with E-state index in [1.807, 2.05) is 50.5 Å². The second kappa shape index (κ2) is 8.76. The molecule has 33 heavy (non-hydrogen) atoms. The van der Waals surface area contributed by atoms with Crippen molar-refractivity contribution in [1.29, 1.82) is 0 Å². The zero-order valence-corrected chi connectivity index (χ0v) is 19.7. The number of aromatic nitrogens is 4. The lowest BCUT2D eigenvalue weighted by Gasteiger charge is -2.40. The molecule has 0 aliphatic carbocycles. The molecule has 1 fully saturated rings. The predicted octanol–water partition coefficient (Wildman–Crippen LogP) is 2.90. The molecule has 3 aromatic rings. The van der Waals surface area contributed by atoms with Crippen molar-refractivity contribution in [2.75, 3.05) is 26.7 Å². The molecule has 1 aliphatic rings. The number of nitrogens with one attached hydrogen (secondary N) is 1. The van der Waals surface area contributed by atoms with E-state index in [0.29, 0.717) is 31.2 Å². The number of benzene rings is 1. The third kappa shape index (κ3) is 4.79. The fourth-order valence-electron chi connectivity index (χ4n) is 4.04. The van der Waals surface area contributed by atoms with E-state index in [1.165, 1.54) is 0 Å². The molecular formula is C23H30N6O4. The average Bonchev–Trinajstić information content (AvgIpc) is 3.40. The predicted molar refractivity (Wildman–Crippen MR) is 122 cm³/mol. The number of fused-ring (bicyclic) bond motifs is 1. The minimum Gasteiger partial charge on any atom is -0.497 e. The lowest BCUT2D eigenvalue weighted by Crippen LogP contribution is -2.54. The number of nitrogens with zero attached hydrogens (tertiary/aromatic N) is 5. The quantitative estimate of drug-likeness (QED) is 0.650. The largest absolute Gasteiger partial charge is 0.497 e. The van der Waals surface area contributed by atoms with Crippen molar-refractivity contribution in [3.05, 3.63) is 42.2 Å². The highest BCUT2D eigenvalue weighted by molar-refractivity contribution is 5.82. The summed E-state index contributed by atoms with van der Waals surface area (Å²) in [7, 11) is 1.61. The Balaban J connectivity index is 1.57. The second-order valence-corrected chi connectivity index (χ2v) is 9.10. The van der Waals surface area contributed by atoms with Crippen molar-refractivity contribution in [3.8, 4) is 5.75 Å². The van der Waals surface area contributed by atoms with Crippen LogP contribution in [0.1, 0.15) is 38.5 Å². The Morgan fingerprint density at radius 3 is 2.70 bits per heavy atom. The summed E-state index contributed by atoms with van der Waals surface area (Å²) in [5, 5.41) is 0. The van der Waals surface area contributed by atoms with Crippen molar-refractivity contribution in [3.63, 3.8) is 0 Å². The van der Waals surface area contributed by atoms with E-state index in [4.69, 9.17) is 9.47 Å². The Morgan fingerprint density at radius 2 is 2.03 bits per heavy atom. The van der Waals surface area contributed by atoms with Crippen LogP contribution in [-0.2, 0) is 16.1 Å². The SMILES string of the molecule is COc1ccc2nc(C)n(CC(=O)N3CCN(C(=O)OC(C)(C)C)C[C@H]3c3ncc[nH]3)c2c1. The normalized spacial score (nSPS) is 16.8. The fraction of sp³-hybridized carbons (Fsp3) is 0.478. The van der Waals surface area contributed by atoms with Crippen LogP contribution in [0.15, 0.2) is 30.6 Å². The summed E-state index contributed by atoms with van der Waals surface area (Å²) < 4.78 is 12.8. The van der Waals surface area contributed by atoms with Crippen molar-refractivity contribution < 1.29 is 19.1 Å². The molecule has 3 heterocycles. The lowest BCUT2D eigenvalue weighted by molar-refractivity contribution is -0.137. The van der Waals surface area contributed by atoms with Gasteiger partial charge in [0.1, 0.15) is 35.6 Å². The molecular weight excluding hydrogens is 424 g/mol. The first-order valence-electron chi connectivity index (χ1n) is 10.9. The number of rotatable bonds is 4. The molecule has 2 aromatic heterocycles. The Bertz CT molecular complexity index is 1150. The molecule has 0 bridgehead atoms. The van der Waals surface area contributed by atoms with Gasteiger partial charge in [-0.25, -0.2) is 14.8 Å². The average molecular weight is 455 g/mol. The highest BCUT2D eigenvalue weighted by Gasteiger charge is 2.36. The smallest absolute Gasteiger partial charge is 0.410 e. The van der Waals surface area contributed by atoms with Crippen LogP contribution in [-0.4, -0.2) is 73.7 Å². The van der Waals surface area contributed by atoms with Crippen LogP contribution in [0.3, 0.4) is 0 Å². The van der Waals surface area contributed by atoms with Crippen LogP contribution < -0.4 is 4.74 Å². The molecule has 1 aliphatic heterocycles. The first-order chi connectivity index (χ1) is 15.7. The van der Waals surface area contributed by atoms with Gasteiger partial charge in [0.25, 0.3) is 0 Å². The first-order valence-corrected chi connectivity index (χ1v) is 10.9. The highest BCUT2D eigenvalue weighted by atomic mass is 16.6. The molecule has 1 aromatic carbocycles. The van der Waals surface area contributed by atoms with Gasteiger partial charge in [-0.05, 0) is 39.8 Å². The van der Waals surface area contributed by atoms with Crippen LogP contribution in [0.2, 0.25) is 0 Å². The van der Waals surface area contributed by atoms with E-state index < -0.39 is 17.7 Å². The first kappa shape index (κ1) is 22.6. The standard InChI is InChI=1S/C23H30N6O4/c1-15-26-17-7-6-16(32-5)12-18(17)29(15)14-20(30)28-11-10-27(22(31)33-23(2,3)4)13-19(28)21-24-8-9-25-21/h6-9,12,19H,10-11,13-14H2,1-5H3,(H,24,25)/t19-/m0/s1.